The Morgan fingerprint density at radius 1 is 0.914 bits per heavy atom. The summed E-state index contributed by atoms with van der Waals surface area (Å²) in [6.45, 7) is 1.64. The lowest BCUT2D eigenvalue weighted by Crippen LogP contribution is -2.14. The van der Waals surface area contributed by atoms with Crippen LogP contribution in [0, 0.1) is 27.2 Å². The quantitative estimate of drug-likeness (QED) is 0.198. The maximum atomic E-state index is 12.8. The molecule has 15 heteroatoms. The number of hydrogen-bond acceptors (Lipinski definition) is 9. The Bertz CT molecular complexity index is 1480. The number of non-ortho nitro benzene ring substituents is 1. The van der Waals surface area contributed by atoms with Crippen molar-refractivity contribution in [2.75, 3.05) is 11.8 Å². The molecule has 35 heavy (non-hydrogen) atoms. The molecule has 0 aliphatic rings. The normalized spacial score (nSPS) is 11.4. The largest absolute Gasteiger partial charge is 0.494 e. The highest BCUT2D eigenvalue weighted by atomic mass is 35.5. The fourth-order valence-corrected chi connectivity index (χ4v) is 4.32. The van der Waals surface area contributed by atoms with E-state index in [1.54, 1.807) is 6.92 Å². The van der Waals surface area contributed by atoms with Crippen molar-refractivity contribution in [3.05, 3.63) is 84.4 Å². The number of nitro benzene ring substituents is 2. The van der Waals surface area contributed by atoms with Gasteiger partial charge in [0.05, 0.1) is 38.2 Å². The molecule has 0 fully saturated rings. The summed E-state index contributed by atoms with van der Waals surface area (Å²) in [7, 11) is -2.93. The Balaban J connectivity index is 1.93. The molecule has 0 unspecified atom stereocenters. The van der Waals surface area contributed by atoms with E-state index in [9.17, 15) is 28.6 Å². The van der Waals surface area contributed by atoms with Gasteiger partial charge in [0.1, 0.15) is 16.5 Å². The lowest BCUT2D eigenvalue weighted by atomic mass is 10.1. The van der Waals surface area contributed by atoms with Crippen LogP contribution in [0.25, 0.3) is 0 Å². The van der Waals surface area contributed by atoms with E-state index in [4.69, 9.17) is 27.9 Å². The van der Waals surface area contributed by atoms with Crippen LogP contribution >= 0.6 is 23.2 Å². The highest BCUT2D eigenvalue weighted by Crippen LogP contribution is 2.37. The van der Waals surface area contributed by atoms with Crippen LogP contribution in [0.4, 0.5) is 28.4 Å². The second-order valence-corrected chi connectivity index (χ2v) is 9.40. The van der Waals surface area contributed by atoms with Gasteiger partial charge in [-0.2, -0.15) is 5.11 Å². The Labute approximate surface area is 208 Å². The topological polar surface area (TPSA) is 166 Å². The summed E-state index contributed by atoms with van der Waals surface area (Å²) in [5.41, 5.74) is 0.279. The van der Waals surface area contributed by atoms with Crippen LogP contribution in [0.1, 0.15) is 5.56 Å². The molecule has 0 saturated carbocycles. The number of benzene rings is 3. The van der Waals surface area contributed by atoms with E-state index in [0.29, 0.717) is 11.3 Å². The molecule has 0 aromatic heterocycles. The molecule has 0 bridgehead atoms. The van der Waals surface area contributed by atoms with Crippen molar-refractivity contribution in [2.24, 2.45) is 10.2 Å². The first-order valence-corrected chi connectivity index (χ1v) is 11.7. The van der Waals surface area contributed by atoms with Crippen molar-refractivity contribution in [3.63, 3.8) is 0 Å². The van der Waals surface area contributed by atoms with E-state index in [1.165, 1.54) is 31.4 Å². The highest BCUT2D eigenvalue weighted by Gasteiger charge is 2.22. The molecule has 12 nitrogen and oxygen atoms in total. The summed E-state index contributed by atoms with van der Waals surface area (Å²) in [6.07, 6.45) is 0. The molecule has 0 amide bonds. The molecule has 0 spiro atoms. The standard InChI is InChI=1S/C20H15Cl2N5O7S/c1-11-7-18(25-35(32,33)13-4-5-14(21)19(9-13)27(30)31)20(34-2)10-17(11)24-23-16-6-3-12(26(28)29)8-15(16)22/h3-10,25H,1-2H3. The van der Waals surface area contributed by atoms with Crippen LogP contribution in [-0.4, -0.2) is 25.4 Å². The average Bonchev–Trinajstić information content (AvgIpc) is 2.78. The molecule has 0 heterocycles. The number of nitrogens with zero attached hydrogens (tertiary/aromatic N) is 4. The molecule has 3 aromatic carbocycles. The SMILES string of the molecule is COc1cc(N=Nc2ccc([N+](=O)[O-])cc2Cl)c(C)cc1NS(=O)(=O)c1ccc(Cl)c([N+](=O)[O-])c1. The van der Waals surface area contributed by atoms with E-state index < -0.39 is 25.6 Å². The van der Waals surface area contributed by atoms with Crippen LogP contribution < -0.4 is 9.46 Å². The Kier molecular flexibility index (Phi) is 7.53. The summed E-state index contributed by atoms with van der Waals surface area (Å²) in [4.78, 5) is 20.2. The Morgan fingerprint density at radius 3 is 2.20 bits per heavy atom. The van der Waals surface area contributed by atoms with E-state index in [2.05, 4.69) is 15.0 Å². The second-order valence-electron chi connectivity index (χ2n) is 6.91. The Hall–Kier alpha value is -3.81. The number of ether oxygens (including phenoxy) is 1. The molecule has 0 radical (unpaired) electrons. The fourth-order valence-electron chi connectivity index (χ4n) is 2.84. The van der Waals surface area contributed by atoms with E-state index in [0.717, 1.165) is 24.3 Å². The molecule has 3 aromatic rings. The number of methoxy groups -OCH3 is 1. The summed E-state index contributed by atoms with van der Waals surface area (Å²) in [5, 5.41) is 29.8. The van der Waals surface area contributed by atoms with Crippen molar-refractivity contribution in [2.45, 2.75) is 11.8 Å². The number of aryl methyl sites for hydroxylation is 1. The van der Waals surface area contributed by atoms with Gasteiger partial charge in [0.2, 0.25) is 0 Å². The third-order valence-corrected chi connectivity index (χ3v) is 6.58. The zero-order chi connectivity index (χ0) is 25.9. The number of rotatable bonds is 8. The summed E-state index contributed by atoms with van der Waals surface area (Å²) in [6, 6.07) is 9.66. The molecule has 1 N–H and O–H groups in total. The van der Waals surface area contributed by atoms with E-state index in [-0.39, 0.29) is 37.8 Å². The second kappa shape index (κ2) is 10.2. The maximum Gasteiger partial charge on any atom is 0.289 e. The number of anilines is 1. The number of halogens is 2. The van der Waals surface area contributed by atoms with E-state index >= 15 is 0 Å². The van der Waals surface area contributed by atoms with Gasteiger partial charge in [0.15, 0.2) is 0 Å². The monoisotopic (exact) mass is 539 g/mol. The first-order valence-electron chi connectivity index (χ1n) is 9.44. The van der Waals surface area contributed by atoms with Gasteiger partial charge in [-0.05, 0) is 36.8 Å². The summed E-state index contributed by atoms with van der Waals surface area (Å²) >= 11 is 11.8. The molecule has 182 valence electrons. The van der Waals surface area contributed by atoms with Crippen molar-refractivity contribution >= 4 is 61.7 Å². The Morgan fingerprint density at radius 2 is 1.60 bits per heavy atom. The summed E-state index contributed by atoms with van der Waals surface area (Å²) in [5.74, 6) is 0.0892. The van der Waals surface area contributed by atoms with Gasteiger partial charge in [0, 0.05) is 24.3 Å². The van der Waals surface area contributed by atoms with Gasteiger partial charge < -0.3 is 4.74 Å². The molecule has 0 atom stereocenters. The number of azo groups is 1. The molecule has 0 aliphatic carbocycles. The first kappa shape index (κ1) is 25.8. The highest BCUT2D eigenvalue weighted by molar-refractivity contribution is 7.92. The van der Waals surface area contributed by atoms with Crippen LogP contribution in [0.3, 0.4) is 0 Å². The third kappa shape index (κ3) is 5.82. The zero-order valence-electron chi connectivity index (χ0n) is 17.9. The van der Waals surface area contributed by atoms with Gasteiger partial charge in [0.25, 0.3) is 21.4 Å². The van der Waals surface area contributed by atoms with Crippen LogP contribution in [0.2, 0.25) is 10.0 Å². The zero-order valence-corrected chi connectivity index (χ0v) is 20.3. The predicted molar refractivity (Wildman–Crippen MR) is 129 cm³/mol. The minimum absolute atomic E-state index is 0.0222. The molecule has 0 aliphatic heterocycles. The summed E-state index contributed by atoms with van der Waals surface area (Å²) < 4.78 is 33.3. The lowest BCUT2D eigenvalue weighted by Gasteiger charge is -2.14. The number of nitrogens with one attached hydrogen (secondary N) is 1. The molecule has 3 rings (SSSR count). The first-order chi connectivity index (χ1) is 16.4. The van der Waals surface area contributed by atoms with Crippen molar-refractivity contribution in [1.82, 2.24) is 0 Å². The van der Waals surface area contributed by atoms with E-state index in [1.807, 2.05) is 0 Å². The fraction of sp³-hybridized carbons (Fsp3) is 0.100. The van der Waals surface area contributed by atoms with Gasteiger partial charge in [-0.1, -0.05) is 23.2 Å². The molecule has 0 saturated heterocycles. The van der Waals surface area contributed by atoms with Gasteiger partial charge in [-0.25, -0.2) is 8.42 Å². The minimum atomic E-state index is -4.24. The van der Waals surface area contributed by atoms with Crippen LogP contribution in [0.5, 0.6) is 5.75 Å². The lowest BCUT2D eigenvalue weighted by molar-refractivity contribution is -0.385. The number of sulfonamides is 1. The number of hydrogen-bond donors (Lipinski definition) is 1. The van der Waals surface area contributed by atoms with Crippen molar-refractivity contribution in [3.8, 4) is 5.75 Å². The number of nitro groups is 2. The smallest absolute Gasteiger partial charge is 0.289 e. The van der Waals surface area contributed by atoms with Gasteiger partial charge in [-0.3, -0.25) is 25.0 Å². The third-order valence-electron chi connectivity index (χ3n) is 4.59. The predicted octanol–water partition coefficient (Wildman–Crippen LogP) is 6.34. The van der Waals surface area contributed by atoms with Gasteiger partial charge in [-0.15, -0.1) is 5.11 Å². The maximum absolute atomic E-state index is 12.8. The van der Waals surface area contributed by atoms with Gasteiger partial charge >= 0.3 is 0 Å². The molecular formula is C20H15Cl2N5O7S. The average molecular weight is 540 g/mol. The van der Waals surface area contributed by atoms with Crippen molar-refractivity contribution < 1.29 is 23.0 Å². The van der Waals surface area contributed by atoms with Crippen molar-refractivity contribution in [1.29, 1.82) is 0 Å². The van der Waals surface area contributed by atoms with Crippen LogP contribution in [-0.2, 0) is 10.0 Å². The minimum Gasteiger partial charge on any atom is -0.494 e. The van der Waals surface area contributed by atoms with Crippen LogP contribution in [0.15, 0.2) is 63.7 Å². The molecular weight excluding hydrogens is 525 g/mol.